The quantitative estimate of drug-likeness (QED) is 0.646. The van der Waals surface area contributed by atoms with E-state index in [1.807, 2.05) is 73.7 Å². The molecule has 0 fully saturated rings. The number of hydrogen-bond donors (Lipinski definition) is 2. The Morgan fingerprint density at radius 1 is 1.00 bits per heavy atom. The van der Waals surface area contributed by atoms with E-state index in [1.54, 1.807) is 6.26 Å². The molecular weight excluding hydrogens is 348 g/mol. The van der Waals surface area contributed by atoms with Gasteiger partial charge in [-0.1, -0.05) is 54.1 Å². The van der Waals surface area contributed by atoms with Crippen molar-refractivity contribution in [1.29, 1.82) is 0 Å². The Balaban J connectivity index is 1.62. The lowest BCUT2D eigenvalue weighted by atomic mass is 10.0. The summed E-state index contributed by atoms with van der Waals surface area (Å²) in [6.45, 7) is 2.13. The van der Waals surface area contributed by atoms with Crippen molar-refractivity contribution in [2.45, 2.75) is 19.0 Å². The Labute approximate surface area is 158 Å². The summed E-state index contributed by atoms with van der Waals surface area (Å²) in [4.78, 5) is 12.4. The SMILES string of the molecule is C[C@H](NC(=O)CN[C@H](c1ccccc1)c1ccco1)c1ccc(Cl)cc1. The van der Waals surface area contributed by atoms with E-state index < -0.39 is 0 Å². The number of furan rings is 1. The third-order valence-corrected chi connectivity index (χ3v) is 4.43. The number of rotatable bonds is 7. The van der Waals surface area contributed by atoms with E-state index in [4.69, 9.17) is 16.0 Å². The molecule has 0 saturated carbocycles. The van der Waals surface area contributed by atoms with Crippen LogP contribution in [0, 0.1) is 0 Å². The first-order chi connectivity index (χ1) is 12.6. The second-order valence-electron chi connectivity index (χ2n) is 6.08. The van der Waals surface area contributed by atoms with Gasteiger partial charge in [0.25, 0.3) is 0 Å². The number of nitrogens with one attached hydrogen (secondary N) is 2. The van der Waals surface area contributed by atoms with Crippen molar-refractivity contribution in [3.63, 3.8) is 0 Å². The van der Waals surface area contributed by atoms with Crippen LogP contribution in [0.3, 0.4) is 0 Å². The van der Waals surface area contributed by atoms with Crippen LogP contribution in [0.1, 0.15) is 35.9 Å². The van der Waals surface area contributed by atoms with Crippen LogP contribution in [0.5, 0.6) is 0 Å². The first kappa shape index (κ1) is 18.2. The van der Waals surface area contributed by atoms with Gasteiger partial charge in [-0.2, -0.15) is 0 Å². The van der Waals surface area contributed by atoms with Crippen LogP contribution in [0.15, 0.2) is 77.4 Å². The van der Waals surface area contributed by atoms with E-state index >= 15 is 0 Å². The molecule has 2 aromatic carbocycles. The fourth-order valence-electron chi connectivity index (χ4n) is 2.81. The van der Waals surface area contributed by atoms with Gasteiger partial charge >= 0.3 is 0 Å². The minimum Gasteiger partial charge on any atom is -0.467 e. The maximum atomic E-state index is 12.4. The van der Waals surface area contributed by atoms with Crippen molar-refractivity contribution >= 4 is 17.5 Å². The van der Waals surface area contributed by atoms with Gasteiger partial charge in [0.15, 0.2) is 0 Å². The summed E-state index contributed by atoms with van der Waals surface area (Å²) < 4.78 is 5.54. The second-order valence-corrected chi connectivity index (χ2v) is 6.52. The smallest absolute Gasteiger partial charge is 0.234 e. The zero-order valence-electron chi connectivity index (χ0n) is 14.5. The van der Waals surface area contributed by atoms with E-state index in [0.717, 1.165) is 16.9 Å². The van der Waals surface area contributed by atoms with E-state index in [2.05, 4.69) is 10.6 Å². The van der Waals surface area contributed by atoms with Gasteiger partial charge in [-0.3, -0.25) is 10.1 Å². The van der Waals surface area contributed by atoms with E-state index in [0.29, 0.717) is 5.02 Å². The molecule has 0 bridgehead atoms. The Morgan fingerprint density at radius 2 is 1.73 bits per heavy atom. The molecule has 1 aromatic heterocycles. The molecule has 5 heteroatoms. The van der Waals surface area contributed by atoms with Crippen LogP contribution in [0.2, 0.25) is 5.02 Å². The summed E-state index contributed by atoms with van der Waals surface area (Å²) in [5, 5.41) is 6.95. The topological polar surface area (TPSA) is 54.3 Å². The average molecular weight is 369 g/mol. The first-order valence-electron chi connectivity index (χ1n) is 8.50. The minimum atomic E-state index is -0.178. The summed E-state index contributed by atoms with van der Waals surface area (Å²) in [7, 11) is 0. The van der Waals surface area contributed by atoms with Crippen molar-refractivity contribution in [2.24, 2.45) is 0 Å². The summed E-state index contributed by atoms with van der Waals surface area (Å²) in [5.74, 6) is 0.690. The normalized spacial score (nSPS) is 13.2. The van der Waals surface area contributed by atoms with Gasteiger partial charge in [0, 0.05) is 5.02 Å². The number of carbonyl (C=O) groups is 1. The average Bonchev–Trinajstić information content (AvgIpc) is 3.17. The van der Waals surface area contributed by atoms with Crippen LogP contribution in [0.4, 0.5) is 0 Å². The highest BCUT2D eigenvalue weighted by molar-refractivity contribution is 6.30. The first-order valence-corrected chi connectivity index (χ1v) is 8.88. The highest BCUT2D eigenvalue weighted by Gasteiger charge is 2.18. The van der Waals surface area contributed by atoms with E-state index in [-0.39, 0.29) is 24.5 Å². The molecule has 0 spiro atoms. The van der Waals surface area contributed by atoms with Gasteiger partial charge in [0.2, 0.25) is 5.91 Å². The Bertz CT molecular complexity index is 817. The van der Waals surface area contributed by atoms with Gasteiger partial charge in [0.1, 0.15) is 5.76 Å². The maximum absolute atomic E-state index is 12.4. The number of hydrogen-bond acceptors (Lipinski definition) is 3. The molecular formula is C21H21ClN2O2. The fraction of sp³-hybridized carbons (Fsp3) is 0.190. The molecule has 0 unspecified atom stereocenters. The van der Waals surface area contributed by atoms with Crippen molar-refractivity contribution in [2.75, 3.05) is 6.54 Å². The number of benzene rings is 2. The van der Waals surface area contributed by atoms with Crippen LogP contribution in [-0.2, 0) is 4.79 Å². The molecule has 2 atom stereocenters. The predicted octanol–water partition coefficient (Wildman–Crippen LogP) is 4.49. The molecule has 3 rings (SSSR count). The lowest BCUT2D eigenvalue weighted by Gasteiger charge is -2.19. The van der Waals surface area contributed by atoms with Gasteiger partial charge in [0.05, 0.1) is 24.9 Å². The van der Waals surface area contributed by atoms with Gasteiger partial charge in [-0.15, -0.1) is 0 Å². The van der Waals surface area contributed by atoms with Gasteiger partial charge < -0.3 is 9.73 Å². The highest BCUT2D eigenvalue weighted by Crippen LogP contribution is 2.22. The predicted molar refractivity (Wildman–Crippen MR) is 103 cm³/mol. The molecule has 0 radical (unpaired) electrons. The zero-order valence-corrected chi connectivity index (χ0v) is 15.2. The molecule has 0 aliphatic carbocycles. The molecule has 2 N–H and O–H groups in total. The molecule has 134 valence electrons. The van der Waals surface area contributed by atoms with Crippen LogP contribution >= 0.6 is 11.6 Å². The maximum Gasteiger partial charge on any atom is 0.234 e. The van der Waals surface area contributed by atoms with Crippen molar-refractivity contribution < 1.29 is 9.21 Å². The van der Waals surface area contributed by atoms with E-state index in [9.17, 15) is 4.79 Å². The van der Waals surface area contributed by atoms with Crippen LogP contribution < -0.4 is 10.6 Å². The standard InChI is InChI=1S/C21H21ClN2O2/c1-15(16-9-11-18(22)12-10-16)24-20(25)14-23-21(19-8-5-13-26-19)17-6-3-2-4-7-17/h2-13,15,21,23H,14H2,1H3,(H,24,25)/t15-,21+/m0/s1. The largest absolute Gasteiger partial charge is 0.467 e. The second kappa shape index (κ2) is 8.70. The van der Waals surface area contributed by atoms with Crippen LogP contribution in [-0.4, -0.2) is 12.5 Å². The molecule has 0 aliphatic rings. The Hall–Kier alpha value is -2.56. The molecule has 3 aromatic rings. The number of halogens is 1. The summed E-state index contributed by atoms with van der Waals surface area (Å²) in [6.07, 6.45) is 1.63. The van der Waals surface area contributed by atoms with E-state index in [1.165, 1.54) is 0 Å². The summed E-state index contributed by atoms with van der Waals surface area (Å²) >= 11 is 5.91. The lowest BCUT2D eigenvalue weighted by molar-refractivity contribution is -0.121. The molecule has 0 saturated heterocycles. The van der Waals surface area contributed by atoms with Crippen LogP contribution in [0.25, 0.3) is 0 Å². The third kappa shape index (κ3) is 4.75. The number of carbonyl (C=O) groups excluding carboxylic acids is 1. The van der Waals surface area contributed by atoms with Gasteiger partial charge in [-0.25, -0.2) is 0 Å². The molecule has 1 amide bonds. The summed E-state index contributed by atoms with van der Waals surface area (Å²) in [6, 6.07) is 20.8. The monoisotopic (exact) mass is 368 g/mol. The molecule has 0 aliphatic heterocycles. The van der Waals surface area contributed by atoms with Crippen molar-refractivity contribution in [1.82, 2.24) is 10.6 Å². The molecule has 4 nitrogen and oxygen atoms in total. The number of amides is 1. The molecule has 1 heterocycles. The van der Waals surface area contributed by atoms with Gasteiger partial charge in [-0.05, 0) is 42.3 Å². The molecule has 26 heavy (non-hydrogen) atoms. The lowest BCUT2D eigenvalue weighted by Crippen LogP contribution is -2.37. The van der Waals surface area contributed by atoms with Crippen molar-refractivity contribution in [3.8, 4) is 0 Å². The fourth-order valence-corrected chi connectivity index (χ4v) is 2.93. The Morgan fingerprint density at radius 3 is 2.38 bits per heavy atom. The Kier molecular flexibility index (Phi) is 6.10. The van der Waals surface area contributed by atoms with Crippen molar-refractivity contribution in [3.05, 3.63) is 94.9 Å². The minimum absolute atomic E-state index is 0.0834. The third-order valence-electron chi connectivity index (χ3n) is 4.17. The highest BCUT2D eigenvalue weighted by atomic mass is 35.5. The zero-order chi connectivity index (χ0) is 18.4. The summed E-state index contributed by atoms with van der Waals surface area (Å²) in [5.41, 5.74) is 2.05.